The van der Waals surface area contributed by atoms with Crippen LogP contribution in [0.15, 0.2) is 24.3 Å². The zero-order valence-corrected chi connectivity index (χ0v) is 10.2. The first-order valence-corrected chi connectivity index (χ1v) is 5.17. The quantitative estimate of drug-likeness (QED) is 0.841. The summed E-state index contributed by atoms with van der Waals surface area (Å²) in [4.78, 5) is 0. The minimum atomic E-state index is 0. The van der Waals surface area contributed by atoms with Crippen LogP contribution >= 0.6 is 12.4 Å². The van der Waals surface area contributed by atoms with Gasteiger partial charge in [-0.25, -0.2) is 0 Å². The number of hydrogen-bond acceptors (Lipinski definition) is 2. The molecule has 1 rings (SSSR count). The third kappa shape index (κ3) is 4.54. The van der Waals surface area contributed by atoms with Crippen molar-refractivity contribution in [2.45, 2.75) is 32.2 Å². The molecule has 0 spiro atoms. The van der Waals surface area contributed by atoms with E-state index in [0.717, 1.165) is 12.2 Å². The van der Waals surface area contributed by atoms with Crippen molar-refractivity contribution in [2.24, 2.45) is 5.73 Å². The van der Waals surface area contributed by atoms with Gasteiger partial charge >= 0.3 is 0 Å². The Morgan fingerprint density at radius 3 is 2.33 bits per heavy atom. The van der Waals surface area contributed by atoms with E-state index >= 15 is 0 Å². The Balaban J connectivity index is 0.00000196. The second-order valence-corrected chi connectivity index (χ2v) is 3.52. The lowest BCUT2D eigenvalue weighted by atomic mass is 10.0. The summed E-state index contributed by atoms with van der Waals surface area (Å²) < 4.78 is 5.09. The van der Waals surface area contributed by atoms with Crippen LogP contribution < -0.4 is 10.5 Å². The SMILES string of the molecule is CCCC[C@H](N)c1ccc(OC)cc1.Cl. The molecule has 0 amide bonds. The zero-order valence-electron chi connectivity index (χ0n) is 9.40. The molecule has 0 aliphatic carbocycles. The Labute approximate surface area is 98.2 Å². The monoisotopic (exact) mass is 229 g/mol. The van der Waals surface area contributed by atoms with E-state index in [1.165, 1.54) is 18.4 Å². The van der Waals surface area contributed by atoms with E-state index in [-0.39, 0.29) is 18.4 Å². The molecular weight excluding hydrogens is 210 g/mol. The first-order chi connectivity index (χ1) is 6.77. The molecule has 0 aliphatic heterocycles. The van der Waals surface area contributed by atoms with Crippen molar-refractivity contribution in [1.82, 2.24) is 0 Å². The summed E-state index contributed by atoms with van der Waals surface area (Å²) in [5, 5.41) is 0. The van der Waals surface area contributed by atoms with Gasteiger partial charge in [0.2, 0.25) is 0 Å². The molecule has 0 saturated heterocycles. The fourth-order valence-corrected chi connectivity index (χ4v) is 1.44. The third-order valence-electron chi connectivity index (χ3n) is 2.41. The standard InChI is InChI=1S/C12H19NO.ClH/c1-3-4-5-12(13)10-6-8-11(14-2)9-7-10;/h6-9,12H,3-5,13H2,1-2H3;1H/t12-;/m0./s1. The molecule has 0 aliphatic rings. The topological polar surface area (TPSA) is 35.2 Å². The number of unbranched alkanes of at least 4 members (excludes halogenated alkanes) is 1. The van der Waals surface area contributed by atoms with Crippen molar-refractivity contribution in [3.05, 3.63) is 29.8 Å². The molecule has 0 radical (unpaired) electrons. The molecule has 0 unspecified atom stereocenters. The maximum absolute atomic E-state index is 6.03. The molecule has 1 aromatic carbocycles. The number of rotatable bonds is 5. The van der Waals surface area contributed by atoms with Gasteiger partial charge in [0.15, 0.2) is 0 Å². The molecule has 0 bridgehead atoms. The second kappa shape index (κ2) is 7.55. The third-order valence-corrected chi connectivity index (χ3v) is 2.41. The normalized spacial score (nSPS) is 11.7. The average Bonchev–Trinajstić information content (AvgIpc) is 2.26. The first-order valence-electron chi connectivity index (χ1n) is 5.17. The molecule has 15 heavy (non-hydrogen) atoms. The largest absolute Gasteiger partial charge is 0.497 e. The lowest BCUT2D eigenvalue weighted by Crippen LogP contribution is -2.09. The van der Waals surface area contributed by atoms with Gasteiger partial charge in [-0.3, -0.25) is 0 Å². The van der Waals surface area contributed by atoms with Crippen molar-refractivity contribution in [1.29, 1.82) is 0 Å². The highest BCUT2D eigenvalue weighted by atomic mass is 35.5. The Morgan fingerprint density at radius 2 is 1.87 bits per heavy atom. The van der Waals surface area contributed by atoms with E-state index in [1.807, 2.05) is 24.3 Å². The second-order valence-electron chi connectivity index (χ2n) is 3.52. The number of ether oxygens (including phenoxy) is 1. The van der Waals surface area contributed by atoms with Gasteiger partial charge in [-0.1, -0.05) is 31.9 Å². The number of methoxy groups -OCH3 is 1. The summed E-state index contributed by atoms with van der Waals surface area (Å²) in [6.07, 6.45) is 3.44. The van der Waals surface area contributed by atoms with E-state index in [2.05, 4.69) is 6.92 Å². The summed E-state index contributed by atoms with van der Waals surface area (Å²) >= 11 is 0. The van der Waals surface area contributed by atoms with Gasteiger partial charge in [0.05, 0.1) is 7.11 Å². The van der Waals surface area contributed by atoms with Crippen LogP contribution in [-0.2, 0) is 0 Å². The van der Waals surface area contributed by atoms with Gasteiger partial charge in [0.25, 0.3) is 0 Å². The number of benzene rings is 1. The summed E-state index contributed by atoms with van der Waals surface area (Å²) in [5.41, 5.74) is 7.23. The van der Waals surface area contributed by atoms with Gasteiger partial charge < -0.3 is 10.5 Å². The lowest BCUT2D eigenvalue weighted by molar-refractivity contribution is 0.414. The molecule has 3 heteroatoms. The first kappa shape index (κ1) is 14.3. The van der Waals surface area contributed by atoms with Crippen LogP contribution in [0.25, 0.3) is 0 Å². The number of nitrogens with two attached hydrogens (primary N) is 1. The minimum absolute atomic E-state index is 0. The summed E-state index contributed by atoms with van der Waals surface area (Å²) in [6, 6.07) is 8.17. The lowest BCUT2D eigenvalue weighted by Gasteiger charge is -2.11. The Hall–Kier alpha value is -0.730. The van der Waals surface area contributed by atoms with Crippen molar-refractivity contribution in [3.8, 4) is 5.75 Å². The van der Waals surface area contributed by atoms with Crippen molar-refractivity contribution in [3.63, 3.8) is 0 Å². The predicted molar refractivity (Wildman–Crippen MR) is 66.7 cm³/mol. The molecular formula is C12H20ClNO. The molecule has 1 aromatic rings. The molecule has 0 saturated carbocycles. The minimum Gasteiger partial charge on any atom is -0.497 e. The predicted octanol–water partition coefficient (Wildman–Crippen LogP) is 3.31. The van der Waals surface area contributed by atoms with Crippen LogP contribution in [0, 0.1) is 0 Å². The van der Waals surface area contributed by atoms with Crippen molar-refractivity contribution < 1.29 is 4.74 Å². The van der Waals surface area contributed by atoms with Crippen LogP contribution in [0.4, 0.5) is 0 Å². The van der Waals surface area contributed by atoms with Crippen LogP contribution in [0.1, 0.15) is 37.8 Å². The summed E-state index contributed by atoms with van der Waals surface area (Å²) in [7, 11) is 1.67. The van der Waals surface area contributed by atoms with E-state index < -0.39 is 0 Å². The maximum Gasteiger partial charge on any atom is 0.118 e. The van der Waals surface area contributed by atoms with Crippen molar-refractivity contribution in [2.75, 3.05) is 7.11 Å². The van der Waals surface area contributed by atoms with Gasteiger partial charge in [0, 0.05) is 6.04 Å². The van der Waals surface area contributed by atoms with Gasteiger partial charge in [0.1, 0.15) is 5.75 Å². The fraction of sp³-hybridized carbons (Fsp3) is 0.500. The Morgan fingerprint density at radius 1 is 1.27 bits per heavy atom. The zero-order chi connectivity index (χ0) is 10.4. The molecule has 86 valence electrons. The molecule has 0 aromatic heterocycles. The van der Waals surface area contributed by atoms with E-state index in [9.17, 15) is 0 Å². The molecule has 2 nitrogen and oxygen atoms in total. The van der Waals surface area contributed by atoms with Crippen molar-refractivity contribution >= 4 is 12.4 Å². The summed E-state index contributed by atoms with van der Waals surface area (Å²) in [5.74, 6) is 0.886. The van der Waals surface area contributed by atoms with Crippen LogP contribution in [0.5, 0.6) is 5.75 Å². The molecule has 0 heterocycles. The van der Waals surface area contributed by atoms with Gasteiger partial charge in [-0.15, -0.1) is 12.4 Å². The van der Waals surface area contributed by atoms with E-state index in [4.69, 9.17) is 10.5 Å². The fourth-order valence-electron chi connectivity index (χ4n) is 1.44. The number of halogens is 1. The summed E-state index contributed by atoms with van der Waals surface area (Å²) in [6.45, 7) is 2.18. The molecule has 0 fully saturated rings. The molecule has 2 N–H and O–H groups in total. The van der Waals surface area contributed by atoms with E-state index in [1.54, 1.807) is 7.11 Å². The maximum atomic E-state index is 6.03. The van der Waals surface area contributed by atoms with Gasteiger partial charge in [-0.05, 0) is 24.1 Å². The Bertz CT molecular complexity index is 261. The number of hydrogen-bond donors (Lipinski definition) is 1. The van der Waals surface area contributed by atoms with E-state index in [0.29, 0.717) is 0 Å². The highest BCUT2D eigenvalue weighted by Crippen LogP contribution is 2.19. The van der Waals surface area contributed by atoms with Crippen LogP contribution in [-0.4, -0.2) is 7.11 Å². The highest BCUT2D eigenvalue weighted by Gasteiger charge is 2.04. The highest BCUT2D eigenvalue weighted by molar-refractivity contribution is 5.85. The van der Waals surface area contributed by atoms with Gasteiger partial charge in [-0.2, -0.15) is 0 Å². The molecule has 1 atom stereocenters. The average molecular weight is 230 g/mol. The van der Waals surface area contributed by atoms with Crippen LogP contribution in [0.3, 0.4) is 0 Å². The Kier molecular flexibility index (Phi) is 7.18. The van der Waals surface area contributed by atoms with Crippen LogP contribution in [0.2, 0.25) is 0 Å². The smallest absolute Gasteiger partial charge is 0.118 e.